The van der Waals surface area contributed by atoms with Gasteiger partial charge in [-0.1, -0.05) is 38.2 Å². The minimum atomic E-state index is 0.974. The molecule has 0 aromatic carbocycles. The first-order chi connectivity index (χ1) is 5.84. The standard InChI is InChI=1S/C12H20/c1-3-4-5-6-7-8-11(2)12-9-10-12/h3-5,11-12H,1,6-10H2,2H3. The summed E-state index contributed by atoms with van der Waals surface area (Å²) < 4.78 is 0. The third kappa shape index (κ3) is 3.75. The Labute approximate surface area is 76.4 Å². The summed E-state index contributed by atoms with van der Waals surface area (Å²) in [6.07, 6.45) is 13.1. The Balaban J connectivity index is 1.93. The number of unbranched alkanes of at least 4 members (excludes halogenated alkanes) is 1. The molecule has 1 saturated carbocycles. The van der Waals surface area contributed by atoms with E-state index in [0.29, 0.717) is 0 Å². The zero-order valence-electron chi connectivity index (χ0n) is 8.13. The number of hydrogen-bond acceptors (Lipinski definition) is 0. The van der Waals surface area contributed by atoms with E-state index in [-0.39, 0.29) is 0 Å². The predicted octanol–water partition coefficient (Wildman–Crippen LogP) is 3.95. The van der Waals surface area contributed by atoms with Crippen LogP contribution in [0.25, 0.3) is 0 Å². The van der Waals surface area contributed by atoms with E-state index in [0.717, 1.165) is 11.8 Å². The topological polar surface area (TPSA) is 0 Å². The lowest BCUT2D eigenvalue weighted by Crippen LogP contribution is -1.95. The first-order valence-electron chi connectivity index (χ1n) is 5.12. The molecule has 0 aliphatic heterocycles. The normalized spacial score (nSPS) is 19.8. The first kappa shape index (κ1) is 9.57. The molecule has 0 nitrogen and oxygen atoms in total. The SMILES string of the molecule is C=CC=CCCCC(C)C1CC1. The Bertz CT molecular complexity index is 151. The zero-order valence-corrected chi connectivity index (χ0v) is 8.13. The molecule has 12 heavy (non-hydrogen) atoms. The second kappa shape index (κ2) is 5.18. The minimum absolute atomic E-state index is 0.974. The van der Waals surface area contributed by atoms with Crippen LogP contribution >= 0.6 is 0 Å². The summed E-state index contributed by atoms with van der Waals surface area (Å²) in [6, 6.07) is 0. The van der Waals surface area contributed by atoms with Crippen LogP contribution in [-0.4, -0.2) is 0 Å². The molecule has 0 aromatic rings. The molecule has 0 bridgehead atoms. The van der Waals surface area contributed by atoms with E-state index in [1.54, 1.807) is 0 Å². The lowest BCUT2D eigenvalue weighted by Gasteiger charge is -2.07. The van der Waals surface area contributed by atoms with Gasteiger partial charge in [-0.2, -0.15) is 0 Å². The van der Waals surface area contributed by atoms with E-state index in [1.165, 1.54) is 32.1 Å². The molecule has 1 aliphatic carbocycles. The van der Waals surface area contributed by atoms with Gasteiger partial charge in [-0.25, -0.2) is 0 Å². The molecule has 0 amide bonds. The summed E-state index contributed by atoms with van der Waals surface area (Å²) in [5.74, 6) is 2.05. The molecule has 0 N–H and O–H groups in total. The van der Waals surface area contributed by atoms with Crippen LogP contribution < -0.4 is 0 Å². The van der Waals surface area contributed by atoms with Gasteiger partial charge in [0.15, 0.2) is 0 Å². The highest BCUT2D eigenvalue weighted by atomic mass is 14.3. The van der Waals surface area contributed by atoms with Gasteiger partial charge in [0, 0.05) is 0 Å². The van der Waals surface area contributed by atoms with Crippen LogP contribution in [0.5, 0.6) is 0 Å². The van der Waals surface area contributed by atoms with E-state index in [2.05, 4.69) is 19.6 Å². The Morgan fingerprint density at radius 1 is 1.50 bits per heavy atom. The molecule has 68 valence electrons. The van der Waals surface area contributed by atoms with Crippen molar-refractivity contribution < 1.29 is 0 Å². The third-order valence-corrected chi connectivity index (χ3v) is 2.73. The van der Waals surface area contributed by atoms with Gasteiger partial charge in [-0.15, -0.1) is 0 Å². The van der Waals surface area contributed by atoms with Crippen molar-refractivity contribution in [2.45, 2.75) is 39.0 Å². The van der Waals surface area contributed by atoms with Gasteiger partial charge < -0.3 is 0 Å². The summed E-state index contributed by atoms with van der Waals surface area (Å²) in [7, 11) is 0. The second-order valence-corrected chi connectivity index (χ2v) is 3.91. The van der Waals surface area contributed by atoms with E-state index < -0.39 is 0 Å². The molecule has 1 rings (SSSR count). The molecule has 1 atom stereocenters. The zero-order chi connectivity index (χ0) is 8.81. The van der Waals surface area contributed by atoms with Crippen LogP contribution in [0.4, 0.5) is 0 Å². The highest BCUT2D eigenvalue weighted by Gasteiger charge is 2.26. The second-order valence-electron chi connectivity index (χ2n) is 3.91. The highest BCUT2D eigenvalue weighted by molar-refractivity contribution is 4.96. The maximum absolute atomic E-state index is 3.64. The van der Waals surface area contributed by atoms with Crippen molar-refractivity contribution >= 4 is 0 Å². The van der Waals surface area contributed by atoms with Crippen LogP contribution in [0.15, 0.2) is 24.8 Å². The van der Waals surface area contributed by atoms with Crippen molar-refractivity contribution in [1.29, 1.82) is 0 Å². The van der Waals surface area contributed by atoms with Gasteiger partial charge in [0.25, 0.3) is 0 Å². The maximum atomic E-state index is 3.64. The predicted molar refractivity (Wildman–Crippen MR) is 55.1 cm³/mol. The van der Waals surface area contributed by atoms with Gasteiger partial charge in [0.2, 0.25) is 0 Å². The van der Waals surface area contributed by atoms with E-state index in [4.69, 9.17) is 0 Å². The molecular weight excluding hydrogens is 144 g/mol. The van der Waals surface area contributed by atoms with Crippen molar-refractivity contribution in [3.05, 3.63) is 24.8 Å². The Kier molecular flexibility index (Phi) is 4.13. The van der Waals surface area contributed by atoms with Gasteiger partial charge in [-0.05, 0) is 37.5 Å². The molecule has 0 spiro atoms. The van der Waals surface area contributed by atoms with Crippen LogP contribution in [-0.2, 0) is 0 Å². The smallest absolute Gasteiger partial charge is 0.0348 e. The van der Waals surface area contributed by atoms with Crippen molar-refractivity contribution in [1.82, 2.24) is 0 Å². The van der Waals surface area contributed by atoms with Gasteiger partial charge in [0.05, 0.1) is 0 Å². The van der Waals surface area contributed by atoms with Crippen molar-refractivity contribution in [2.24, 2.45) is 11.8 Å². The fourth-order valence-electron chi connectivity index (χ4n) is 1.65. The molecule has 0 aromatic heterocycles. The van der Waals surface area contributed by atoms with Gasteiger partial charge >= 0.3 is 0 Å². The fraction of sp³-hybridized carbons (Fsp3) is 0.667. The highest BCUT2D eigenvalue weighted by Crippen LogP contribution is 2.38. The van der Waals surface area contributed by atoms with Crippen LogP contribution in [0, 0.1) is 11.8 Å². The molecule has 1 unspecified atom stereocenters. The Hall–Kier alpha value is -0.520. The lowest BCUT2D eigenvalue weighted by molar-refractivity contribution is 0.456. The Morgan fingerprint density at radius 2 is 2.25 bits per heavy atom. The van der Waals surface area contributed by atoms with Gasteiger partial charge in [-0.3, -0.25) is 0 Å². The summed E-state index contributed by atoms with van der Waals surface area (Å²) >= 11 is 0. The Morgan fingerprint density at radius 3 is 2.83 bits per heavy atom. The van der Waals surface area contributed by atoms with Crippen LogP contribution in [0.1, 0.15) is 39.0 Å². The van der Waals surface area contributed by atoms with Gasteiger partial charge in [0.1, 0.15) is 0 Å². The average molecular weight is 164 g/mol. The van der Waals surface area contributed by atoms with Crippen molar-refractivity contribution in [3.8, 4) is 0 Å². The van der Waals surface area contributed by atoms with E-state index in [9.17, 15) is 0 Å². The molecule has 0 radical (unpaired) electrons. The van der Waals surface area contributed by atoms with Crippen LogP contribution in [0.2, 0.25) is 0 Å². The summed E-state index contributed by atoms with van der Waals surface area (Å²) in [5, 5.41) is 0. The molecule has 0 heterocycles. The van der Waals surface area contributed by atoms with E-state index >= 15 is 0 Å². The third-order valence-electron chi connectivity index (χ3n) is 2.73. The average Bonchev–Trinajstić information content (AvgIpc) is 2.86. The monoisotopic (exact) mass is 164 g/mol. The van der Waals surface area contributed by atoms with Crippen molar-refractivity contribution in [2.75, 3.05) is 0 Å². The van der Waals surface area contributed by atoms with Crippen molar-refractivity contribution in [3.63, 3.8) is 0 Å². The number of allylic oxidation sites excluding steroid dienone is 3. The summed E-state index contributed by atoms with van der Waals surface area (Å²) in [4.78, 5) is 0. The van der Waals surface area contributed by atoms with Crippen LogP contribution in [0.3, 0.4) is 0 Å². The lowest BCUT2D eigenvalue weighted by atomic mass is 9.99. The number of hydrogen-bond donors (Lipinski definition) is 0. The molecular formula is C12H20. The first-order valence-corrected chi connectivity index (χ1v) is 5.12. The quantitative estimate of drug-likeness (QED) is 0.412. The number of rotatable bonds is 6. The fourth-order valence-corrected chi connectivity index (χ4v) is 1.65. The molecule has 1 fully saturated rings. The maximum Gasteiger partial charge on any atom is -0.0348 e. The van der Waals surface area contributed by atoms with E-state index in [1.807, 2.05) is 12.2 Å². The minimum Gasteiger partial charge on any atom is -0.0991 e. The molecule has 0 heteroatoms. The summed E-state index contributed by atoms with van der Waals surface area (Å²) in [6.45, 7) is 6.04. The summed E-state index contributed by atoms with van der Waals surface area (Å²) in [5.41, 5.74) is 0. The largest absolute Gasteiger partial charge is 0.0991 e. The molecule has 0 saturated heterocycles. The molecule has 1 aliphatic rings.